The molecule has 1 aliphatic heterocycles. The highest BCUT2D eigenvalue weighted by molar-refractivity contribution is 5.85. The van der Waals surface area contributed by atoms with E-state index in [0.29, 0.717) is 19.1 Å². The Balaban J connectivity index is 0.00000180. The molecule has 0 aromatic carbocycles. The molecule has 2 unspecified atom stereocenters. The SMILES string of the molecule is CC1CCC(CCC(=O)NC2(CN)CCCC2)O1.Cl. The highest BCUT2D eigenvalue weighted by atomic mass is 35.5. The maximum Gasteiger partial charge on any atom is 0.220 e. The molecule has 2 aliphatic rings. The van der Waals surface area contributed by atoms with E-state index < -0.39 is 0 Å². The molecule has 0 aromatic heterocycles. The van der Waals surface area contributed by atoms with Crippen LogP contribution in [-0.4, -0.2) is 30.2 Å². The van der Waals surface area contributed by atoms with Gasteiger partial charge in [0, 0.05) is 13.0 Å². The first-order valence-electron chi connectivity index (χ1n) is 7.30. The third-order valence-electron chi connectivity index (χ3n) is 4.37. The zero-order chi connectivity index (χ0) is 13.0. The number of amides is 1. The van der Waals surface area contributed by atoms with Crippen molar-refractivity contribution in [3.05, 3.63) is 0 Å². The number of nitrogens with two attached hydrogens (primary N) is 1. The van der Waals surface area contributed by atoms with Crippen molar-refractivity contribution in [3.63, 3.8) is 0 Å². The highest BCUT2D eigenvalue weighted by Crippen LogP contribution is 2.29. The highest BCUT2D eigenvalue weighted by Gasteiger charge is 2.34. The fourth-order valence-electron chi connectivity index (χ4n) is 3.18. The predicted octanol–water partition coefficient (Wildman–Crippen LogP) is 2.14. The third-order valence-corrected chi connectivity index (χ3v) is 4.37. The molecule has 19 heavy (non-hydrogen) atoms. The van der Waals surface area contributed by atoms with E-state index in [4.69, 9.17) is 10.5 Å². The number of hydrogen-bond donors (Lipinski definition) is 2. The zero-order valence-corrected chi connectivity index (χ0v) is 12.6. The lowest BCUT2D eigenvalue weighted by Crippen LogP contribution is -2.51. The lowest BCUT2D eigenvalue weighted by molar-refractivity contribution is -0.123. The molecular weight excluding hydrogens is 264 g/mol. The molecule has 0 radical (unpaired) electrons. The van der Waals surface area contributed by atoms with Crippen molar-refractivity contribution in [1.29, 1.82) is 0 Å². The van der Waals surface area contributed by atoms with E-state index >= 15 is 0 Å². The van der Waals surface area contributed by atoms with E-state index in [1.54, 1.807) is 0 Å². The molecule has 0 bridgehead atoms. The topological polar surface area (TPSA) is 64.4 Å². The Morgan fingerprint density at radius 2 is 2.05 bits per heavy atom. The van der Waals surface area contributed by atoms with Crippen LogP contribution in [0.5, 0.6) is 0 Å². The summed E-state index contributed by atoms with van der Waals surface area (Å²) in [5, 5.41) is 3.16. The second-order valence-corrected chi connectivity index (χ2v) is 5.92. The van der Waals surface area contributed by atoms with Crippen LogP contribution in [0.4, 0.5) is 0 Å². The minimum Gasteiger partial charge on any atom is -0.375 e. The van der Waals surface area contributed by atoms with Gasteiger partial charge in [0.2, 0.25) is 5.91 Å². The Bertz CT molecular complexity index is 293. The van der Waals surface area contributed by atoms with Gasteiger partial charge < -0.3 is 15.8 Å². The molecule has 112 valence electrons. The van der Waals surface area contributed by atoms with Gasteiger partial charge in [-0.15, -0.1) is 12.4 Å². The van der Waals surface area contributed by atoms with Gasteiger partial charge in [0.05, 0.1) is 17.7 Å². The number of ether oxygens (including phenoxy) is 1. The third kappa shape index (κ3) is 4.62. The van der Waals surface area contributed by atoms with Crippen LogP contribution in [-0.2, 0) is 9.53 Å². The second kappa shape index (κ2) is 7.46. The zero-order valence-electron chi connectivity index (χ0n) is 11.8. The molecule has 4 nitrogen and oxygen atoms in total. The molecule has 0 spiro atoms. The molecule has 2 rings (SSSR count). The summed E-state index contributed by atoms with van der Waals surface area (Å²) in [4.78, 5) is 12.0. The molecule has 1 saturated heterocycles. The Morgan fingerprint density at radius 3 is 2.58 bits per heavy atom. The molecule has 3 N–H and O–H groups in total. The Hall–Kier alpha value is -0.320. The lowest BCUT2D eigenvalue weighted by atomic mass is 9.97. The van der Waals surface area contributed by atoms with Gasteiger partial charge in [-0.1, -0.05) is 12.8 Å². The van der Waals surface area contributed by atoms with Gasteiger partial charge in [0.1, 0.15) is 0 Å². The van der Waals surface area contributed by atoms with Crippen molar-refractivity contribution in [2.75, 3.05) is 6.54 Å². The van der Waals surface area contributed by atoms with Crippen LogP contribution in [0.15, 0.2) is 0 Å². The summed E-state index contributed by atoms with van der Waals surface area (Å²) in [5.74, 6) is 0.144. The maximum absolute atomic E-state index is 12.0. The normalized spacial score (nSPS) is 28.9. The smallest absolute Gasteiger partial charge is 0.220 e. The summed E-state index contributed by atoms with van der Waals surface area (Å²) in [6.07, 6.45) is 8.71. The summed E-state index contributed by atoms with van der Waals surface area (Å²) in [7, 11) is 0. The van der Waals surface area contributed by atoms with E-state index in [0.717, 1.165) is 32.1 Å². The number of carbonyl (C=O) groups excluding carboxylic acids is 1. The molecule has 1 heterocycles. The molecule has 1 aliphatic carbocycles. The molecule has 2 atom stereocenters. The number of rotatable bonds is 5. The van der Waals surface area contributed by atoms with E-state index in [9.17, 15) is 4.79 Å². The maximum atomic E-state index is 12.0. The number of hydrogen-bond acceptors (Lipinski definition) is 3. The van der Waals surface area contributed by atoms with Gasteiger partial charge in [-0.3, -0.25) is 4.79 Å². The average molecular weight is 291 g/mol. The quantitative estimate of drug-likeness (QED) is 0.815. The summed E-state index contributed by atoms with van der Waals surface area (Å²) in [5.41, 5.74) is 5.70. The number of carbonyl (C=O) groups is 1. The molecular formula is C14H27ClN2O2. The average Bonchev–Trinajstić information content (AvgIpc) is 2.97. The van der Waals surface area contributed by atoms with Crippen molar-refractivity contribution in [2.45, 2.75) is 76.0 Å². The lowest BCUT2D eigenvalue weighted by Gasteiger charge is -2.29. The van der Waals surface area contributed by atoms with Gasteiger partial charge in [-0.2, -0.15) is 0 Å². The molecule has 1 saturated carbocycles. The Labute approximate surface area is 122 Å². The van der Waals surface area contributed by atoms with E-state index in [2.05, 4.69) is 12.2 Å². The summed E-state index contributed by atoms with van der Waals surface area (Å²) >= 11 is 0. The summed E-state index contributed by atoms with van der Waals surface area (Å²) in [6.45, 7) is 2.66. The number of halogens is 1. The van der Waals surface area contributed by atoms with Crippen molar-refractivity contribution < 1.29 is 9.53 Å². The van der Waals surface area contributed by atoms with Crippen molar-refractivity contribution >= 4 is 18.3 Å². The second-order valence-electron chi connectivity index (χ2n) is 5.92. The minimum atomic E-state index is -0.110. The summed E-state index contributed by atoms with van der Waals surface area (Å²) < 4.78 is 5.73. The van der Waals surface area contributed by atoms with Crippen LogP contribution < -0.4 is 11.1 Å². The monoisotopic (exact) mass is 290 g/mol. The van der Waals surface area contributed by atoms with Gasteiger partial charge >= 0.3 is 0 Å². The number of nitrogens with one attached hydrogen (secondary N) is 1. The van der Waals surface area contributed by atoms with Crippen LogP contribution in [0, 0.1) is 0 Å². The first kappa shape index (κ1) is 16.7. The van der Waals surface area contributed by atoms with E-state index in [1.165, 1.54) is 12.8 Å². The molecule has 1 amide bonds. The predicted molar refractivity (Wildman–Crippen MR) is 78.4 cm³/mol. The van der Waals surface area contributed by atoms with Gasteiger partial charge in [-0.25, -0.2) is 0 Å². The molecule has 5 heteroatoms. The van der Waals surface area contributed by atoms with E-state index in [-0.39, 0.29) is 30.0 Å². The van der Waals surface area contributed by atoms with E-state index in [1.807, 2.05) is 0 Å². The van der Waals surface area contributed by atoms with Crippen molar-refractivity contribution in [3.8, 4) is 0 Å². The fraction of sp³-hybridized carbons (Fsp3) is 0.929. The van der Waals surface area contributed by atoms with Gasteiger partial charge in [0.15, 0.2) is 0 Å². The van der Waals surface area contributed by atoms with Crippen LogP contribution in [0.3, 0.4) is 0 Å². The standard InChI is InChI=1S/C14H26N2O2.ClH/c1-11-4-5-12(18-11)6-7-13(17)16-14(10-15)8-2-3-9-14;/h11-12H,2-10,15H2,1H3,(H,16,17);1H. The van der Waals surface area contributed by atoms with Crippen LogP contribution >= 0.6 is 12.4 Å². The fourth-order valence-corrected chi connectivity index (χ4v) is 3.18. The minimum absolute atomic E-state index is 0. The van der Waals surface area contributed by atoms with Crippen molar-refractivity contribution in [1.82, 2.24) is 5.32 Å². The van der Waals surface area contributed by atoms with Crippen LogP contribution in [0.25, 0.3) is 0 Å². The molecule has 0 aromatic rings. The first-order chi connectivity index (χ1) is 8.63. The Morgan fingerprint density at radius 1 is 1.37 bits per heavy atom. The van der Waals surface area contributed by atoms with Crippen LogP contribution in [0.2, 0.25) is 0 Å². The first-order valence-corrected chi connectivity index (χ1v) is 7.30. The molecule has 2 fully saturated rings. The van der Waals surface area contributed by atoms with Crippen LogP contribution in [0.1, 0.15) is 58.3 Å². The van der Waals surface area contributed by atoms with Gasteiger partial charge in [0.25, 0.3) is 0 Å². The van der Waals surface area contributed by atoms with Crippen molar-refractivity contribution in [2.24, 2.45) is 5.73 Å². The van der Waals surface area contributed by atoms with Gasteiger partial charge in [-0.05, 0) is 39.0 Å². The largest absolute Gasteiger partial charge is 0.375 e. The summed E-state index contributed by atoms with van der Waals surface area (Å²) in [6, 6.07) is 0. The Kier molecular flexibility index (Phi) is 6.57.